The largest absolute Gasteiger partial charge is 0.310 e. The molecule has 4 heteroatoms. The predicted octanol–water partition coefficient (Wildman–Crippen LogP) is 22.6. The van der Waals surface area contributed by atoms with Gasteiger partial charge in [-0.25, -0.2) is 0 Å². The Labute approximate surface area is 485 Å². The number of rotatable bonds is 11. The highest BCUT2D eigenvalue weighted by molar-refractivity contribution is 9.10. The molecule has 0 unspecified atom stereocenters. The minimum absolute atomic E-state index is 0.0117. The summed E-state index contributed by atoms with van der Waals surface area (Å²) >= 11 is 4.42. The van der Waals surface area contributed by atoms with E-state index in [1.54, 1.807) is 0 Å². The van der Waals surface area contributed by atoms with E-state index in [0.717, 1.165) is 61.2 Å². The van der Waals surface area contributed by atoms with Gasteiger partial charge in [0.05, 0.1) is 15.8 Å². The van der Waals surface area contributed by atoms with E-state index in [1.165, 1.54) is 77.9 Å². The van der Waals surface area contributed by atoms with Crippen LogP contribution >= 0.6 is 15.9 Å². The van der Waals surface area contributed by atoms with Crippen LogP contribution in [-0.2, 0) is 16.2 Å². The Morgan fingerprint density at radius 1 is 0.338 bits per heavy atom. The molecule has 0 aromatic heterocycles. The summed E-state index contributed by atoms with van der Waals surface area (Å²) in [7, 11) is 0. The van der Waals surface area contributed by atoms with E-state index in [4.69, 9.17) is 0 Å². The maximum absolute atomic E-state index is 4.42. The Morgan fingerprint density at radius 3 is 1.19 bits per heavy atom. The van der Waals surface area contributed by atoms with E-state index < -0.39 is 0 Å². The second kappa shape index (κ2) is 21.0. The van der Waals surface area contributed by atoms with Crippen LogP contribution in [0.25, 0.3) is 33.4 Å². The summed E-state index contributed by atoms with van der Waals surface area (Å²) < 4.78 is 0.985. The van der Waals surface area contributed by atoms with Gasteiger partial charge in [-0.3, -0.25) is 0 Å². The van der Waals surface area contributed by atoms with Crippen molar-refractivity contribution in [3.05, 3.63) is 267 Å². The fourth-order valence-electron chi connectivity index (χ4n) is 12.4. The number of fused-ring (bicyclic) bond motifs is 3. The van der Waals surface area contributed by atoms with Crippen LogP contribution in [-0.4, -0.2) is 0 Å². The van der Waals surface area contributed by atoms with Crippen LogP contribution in [0.2, 0.25) is 0 Å². The summed E-state index contributed by atoms with van der Waals surface area (Å²) in [5.74, 6) is 0. The summed E-state index contributed by atoms with van der Waals surface area (Å²) in [6, 6.07) is 79.3. The Balaban J connectivity index is 1.14. The van der Waals surface area contributed by atoms with E-state index in [0.29, 0.717) is 0 Å². The maximum atomic E-state index is 4.42. The Kier molecular flexibility index (Phi) is 14.2. The molecule has 0 atom stereocenters. The molecule has 0 fully saturated rings. The first kappa shape index (κ1) is 54.1. The van der Waals surface area contributed by atoms with E-state index >= 15 is 0 Å². The van der Waals surface area contributed by atoms with Gasteiger partial charge in [-0.05, 0) is 236 Å². The zero-order chi connectivity index (χ0) is 56.4. The molecule has 3 nitrogen and oxygen atoms in total. The van der Waals surface area contributed by atoms with Crippen molar-refractivity contribution in [2.45, 2.75) is 106 Å². The van der Waals surface area contributed by atoms with Gasteiger partial charge in [-0.15, -0.1) is 0 Å². The third kappa shape index (κ3) is 10.1. The molecule has 1 aliphatic rings. The molecule has 0 N–H and O–H groups in total. The normalized spacial score (nSPS) is 12.7. The van der Waals surface area contributed by atoms with Gasteiger partial charge in [-0.2, -0.15) is 0 Å². The fraction of sp³-hybridized carbons (Fsp3) is 0.211. The van der Waals surface area contributed by atoms with Crippen molar-refractivity contribution < 1.29 is 0 Å². The number of anilines is 9. The van der Waals surface area contributed by atoms with Gasteiger partial charge < -0.3 is 14.7 Å². The van der Waals surface area contributed by atoms with Crippen LogP contribution in [0.1, 0.15) is 105 Å². The van der Waals surface area contributed by atoms with E-state index in [-0.39, 0.29) is 16.2 Å². The van der Waals surface area contributed by atoms with E-state index in [2.05, 4.69) is 333 Å². The number of halogens is 1. The monoisotopic (exact) mass is 1110 g/mol. The molecule has 0 amide bonds. The van der Waals surface area contributed by atoms with Crippen molar-refractivity contribution in [1.82, 2.24) is 0 Å². The zero-order valence-corrected chi connectivity index (χ0v) is 50.5. The van der Waals surface area contributed by atoms with Gasteiger partial charge >= 0.3 is 0 Å². The highest BCUT2D eigenvalue weighted by Crippen LogP contribution is 2.54. The molecular weight excluding hydrogens is 1030 g/mol. The minimum atomic E-state index is -0.209. The quantitative estimate of drug-likeness (QED) is 0.128. The average molecular weight is 1110 g/mol. The summed E-state index contributed by atoms with van der Waals surface area (Å²) in [5, 5.41) is 0. The fourth-order valence-corrected chi connectivity index (χ4v) is 13.0. The third-order valence-electron chi connectivity index (χ3n) is 16.5. The van der Waals surface area contributed by atoms with Crippen molar-refractivity contribution in [1.29, 1.82) is 0 Å². The number of hydrogen-bond donors (Lipinski definition) is 0. The molecule has 0 bridgehead atoms. The van der Waals surface area contributed by atoms with E-state index in [9.17, 15) is 0 Å². The average Bonchev–Trinajstić information content (AvgIpc) is 3.71. The second-order valence-electron chi connectivity index (χ2n) is 24.8. The van der Waals surface area contributed by atoms with Crippen LogP contribution in [0, 0.1) is 34.6 Å². The predicted molar refractivity (Wildman–Crippen MR) is 348 cm³/mol. The molecule has 80 heavy (non-hydrogen) atoms. The molecule has 0 saturated heterocycles. The SMILES string of the molecule is Cc1cc(N(c2ccc(C(C)(C)C)cc2)c2ccc(C(C)(C)C)cc2)c(Br)c(N(c2cccc(N(c3cc(C)c(-c4ccccc4)c(C)c3)c3cc(C)c(-c4ccccc4)c(C)c3)c2)c2ccc3c(c2)C(C)(C)c2ccccc2-3)c1. The lowest BCUT2D eigenvalue weighted by molar-refractivity contribution is 0.590. The standard InChI is InChI=1S/C76H74BrN3/c1-49-41-69(79(58-35-31-56(32-36-58)74(6,7)8)59-37-33-57(34-38-59)75(9,10)11)73(77)70(42-49)80(62-39-40-66-65-29-20-21-30-67(65)76(12,13)68(66)48-62)61-28-22-27-60(47-61)78(63-43-50(2)71(51(3)44-63)54-23-16-14-17-24-54)64-45-52(4)72(53(5)46-64)55-25-18-15-19-26-55/h14-48H,1-13H3. The third-order valence-corrected chi connectivity index (χ3v) is 17.3. The lowest BCUT2D eigenvalue weighted by Gasteiger charge is -2.34. The lowest BCUT2D eigenvalue weighted by atomic mass is 9.82. The van der Waals surface area contributed by atoms with Gasteiger partial charge in [0.25, 0.3) is 0 Å². The molecule has 0 saturated carbocycles. The summed E-state index contributed by atoms with van der Waals surface area (Å²) in [4.78, 5) is 7.37. The van der Waals surface area contributed by atoms with Gasteiger partial charge in [0.1, 0.15) is 0 Å². The molecule has 11 rings (SSSR count). The van der Waals surface area contributed by atoms with Crippen molar-refractivity contribution in [3.63, 3.8) is 0 Å². The highest BCUT2D eigenvalue weighted by atomic mass is 79.9. The Morgan fingerprint density at radius 2 is 0.725 bits per heavy atom. The van der Waals surface area contributed by atoms with Crippen LogP contribution in [0.15, 0.2) is 217 Å². The summed E-state index contributed by atoms with van der Waals surface area (Å²) in [6.07, 6.45) is 0. The van der Waals surface area contributed by atoms with Crippen molar-refractivity contribution in [3.8, 4) is 33.4 Å². The first-order valence-electron chi connectivity index (χ1n) is 28.3. The highest BCUT2D eigenvalue weighted by Gasteiger charge is 2.36. The molecule has 0 aliphatic heterocycles. The molecule has 10 aromatic rings. The molecule has 0 radical (unpaired) electrons. The molecule has 10 aromatic carbocycles. The number of aryl methyl sites for hydroxylation is 5. The van der Waals surface area contributed by atoms with Gasteiger partial charge in [0.2, 0.25) is 0 Å². The second-order valence-corrected chi connectivity index (χ2v) is 25.6. The molecule has 0 spiro atoms. The zero-order valence-electron chi connectivity index (χ0n) is 48.9. The van der Waals surface area contributed by atoms with Crippen molar-refractivity contribution in [2.24, 2.45) is 0 Å². The first-order chi connectivity index (χ1) is 38.2. The first-order valence-corrected chi connectivity index (χ1v) is 29.1. The number of hydrogen-bond acceptors (Lipinski definition) is 3. The summed E-state index contributed by atoms with van der Waals surface area (Å²) in [5.41, 5.74) is 28.4. The van der Waals surface area contributed by atoms with Crippen LogP contribution < -0.4 is 14.7 Å². The lowest BCUT2D eigenvalue weighted by Crippen LogP contribution is -2.18. The van der Waals surface area contributed by atoms with Crippen LogP contribution in [0.5, 0.6) is 0 Å². The Bertz CT molecular complexity index is 3730. The molecule has 400 valence electrons. The van der Waals surface area contributed by atoms with Crippen molar-refractivity contribution in [2.75, 3.05) is 14.7 Å². The van der Waals surface area contributed by atoms with Gasteiger partial charge in [0.15, 0.2) is 0 Å². The minimum Gasteiger partial charge on any atom is -0.310 e. The Hall–Kier alpha value is -7.92. The molecular formula is C76H74BrN3. The van der Waals surface area contributed by atoms with Gasteiger partial charge in [0, 0.05) is 45.2 Å². The number of benzene rings is 10. The topological polar surface area (TPSA) is 9.72 Å². The number of nitrogens with zero attached hydrogens (tertiary/aromatic N) is 3. The molecule has 0 heterocycles. The smallest absolute Gasteiger partial charge is 0.0657 e. The van der Waals surface area contributed by atoms with Crippen LogP contribution in [0.4, 0.5) is 51.2 Å². The van der Waals surface area contributed by atoms with Crippen LogP contribution in [0.3, 0.4) is 0 Å². The van der Waals surface area contributed by atoms with Crippen molar-refractivity contribution >= 4 is 67.1 Å². The maximum Gasteiger partial charge on any atom is 0.0657 e. The molecule has 1 aliphatic carbocycles. The summed E-state index contributed by atoms with van der Waals surface area (Å²) in [6.45, 7) is 29.7. The van der Waals surface area contributed by atoms with Gasteiger partial charge in [-0.1, -0.05) is 177 Å². The van der Waals surface area contributed by atoms with E-state index in [1.807, 2.05) is 0 Å².